The molecule has 1 aromatic carbocycles. The summed E-state index contributed by atoms with van der Waals surface area (Å²) in [6.07, 6.45) is 3.45. The molecule has 0 saturated carbocycles. The van der Waals surface area contributed by atoms with Crippen LogP contribution in [0.2, 0.25) is 0 Å². The fraction of sp³-hybridized carbons (Fsp3) is 0.167. The molecule has 0 bridgehead atoms. The topological polar surface area (TPSA) is 41.9 Å². The lowest BCUT2D eigenvalue weighted by atomic mass is 10.2. The van der Waals surface area contributed by atoms with Crippen LogP contribution in [0, 0.1) is 0 Å². The van der Waals surface area contributed by atoms with E-state index in [1.165, 1.54) is 7.11 Å². The molecule has 0 unspecified atom stereocenters. The first kappa shape index (κ1) is 14.4. The van der Waals surface area contributed by atoms with Gasteiger partial charge in [-0.2, -0.15) is 9.20 Å². The van der Waals surface area contributed by atoms with E-state index in [0.29, 0.717) is 0 Å². The Kier molecular flexibility index (Phi) is 3.13. The molecule has 6 nitrogen and oxygen atoms in total. The van der Waals surface area contributed by atoms with Gasteiger partial charge in [0.2, 0.25) is 11.7 Å². The molecule has 0 radical (unpaired) electrons. The lowest BCUT2D eigenvalue weighted by Crippen LogP contribution is -2.43. The van der Waals surface area contributed by atoms with Gasteiger partial charge in [0.15, 0.2) is 11.0 Å². The number of benzene rings is 1. The second-order valence-corrected chi connectivity index (χ2v) is 5.83. The van der Waals surface area contributed by atoms with Gasteiger partial charge in [0, 0.05) is 6.07 Å². The number of aromatic nitrogens is 3. The minimum atomic E-state index is -0.407. The number of nitrogens with zero attached hydrogens (tertiary/aromatic N) is 4. The number of hydrogen-bond acceptors (Lipinski definition) is 3. The molecule has 0 aliphatic carbocycles. The van der Waals surface area contributed by atoms with Crippen molar-refractivity contribution >= 4 is 34.1 Å². The van der Waals surface area contributed by atoms with Crippen LogP contribution in [0.1, 0.15) is 0 Å². The van der Waals surface area contributed by atoms with Gasteiger partial charge in [-0.05, 0) is 18.2 Å². The fourth-order valence-corrected chi connectivity index (χ4v) is 3.23. The summed E-state index contributed by atoms with van der Waals surface area (Å²) < 4.78 is 10.8. The summed E-state index contributed by atoms with van der Waals surface area (Å²) in [7, 11) is 5.42. The summed E-state index contributed by atoms with van der Waals surface area (Å²) in [5.41, 5.74) is 3.68. The lowest BCUT2D eigenvalue weighted by Gasteiger charge is -2.05. The maximum atomic E-state index is 12.3. The number of ether oxygens (including phenoxy) is 1. The van der Waals surface area contributed by atoms with Gasteiger partial charge in [-0.3, -0.25) is 4.90 Å². The fourth-order valence-electron chi connectivity index (χ4n) is 3.23. The number of methoxy groups -OCH3 is 1. The number of hydrogen-bond donors (Lipinski definition) is 0. The monoisotopic (exact) mass is 322 g/mol. The number of carbonyl (C=O) groups excluding carboxylic acids is 1. The molecule has 3 aromatic heterocycles. The van der Waals surface area contributed by atoms with Gasteiger partial charge in [-0.25, -0.2) is 4.40 Å². The largest absolute Gasteiger partial charge is 0.602 e. The Morgan fingerprint density at radius 1 is 1.04 bits per heavy atom. The van der Waals surface area contributed by atoms with Gasteiger partial charge >= 0.3 is 12.0 Å². The second-order valence-electron chi connectivity index (χ2n) is 5.83. The summed E-state index contributed by atoms with van der Waals surface area (Å²) >= 11 is 0. The molecular formula is C18H18N4O2+2. The number of para-hydroxylation sites is 2. The minimum Gasteiger partial charge on any atom is -0.415 e. The SMILES string of the molecule is COC(=O)[n+]1cc2c3cccc[n+]3c(N(C)C)n2c2ccccc21. The normalized spacial score (nSPS) is 11.3. The Balaban J connectivity index is 2.32. The molecule has 0 fully saturated rings. The summed E-state index contributed by atoms with van der Waals surface area (Å²) in [4.78, 5) is 14.3. The van der Waals surface area contributed by atoms with Crippen LogP contribution in [0.3, 0.4) is 0 Å². The van der Waals surface area contributed by atoms with Crippen LogP contribution >= 0.6 is 0 Å². The van der Waals surface area contributed by atoms with Crippen LogP contribution in [0.25, 0.3) is 22.1 Å². The predicted octanol–water partition coefficient (Wildman–Crippen LogP) is 1.80. The number of carbonyl (C=O) groups is 1. The summed E-state index contributed by atoms with van der Waals surface area (Å²) in [6.45, 7) is 0. The van der Waals surface area contributed by atoms with Crippen LogP contribution in [-0.2, 0) is 4.74 Å². The molecule has 120 valence electrons. The highest BCUT2D eigenvalue weighted by Crippen LogP contribution is 2.22. The van der Waals surface area contributed by atoms with E-state index in [9.17, 15) is 4.79 Å². The predicted molar refractivity (Wildman–Crippen MR) is 90.4 cm³/mol. The van der Waals surface area contributed by atoms with Crippen LogP contribution in [0.5, 0.6) is 0 Å². The van der Waals surface area contributed by atoms with E-state index < -0.39 is 6.09 Å². The molecule has 4 rings (SSSR count). The maximum Gasteiger partial charge on any atom is 0.602 e. The molecular weight excluding hydrogens is 304 g/mol. The molecule has 4 aromatic rings. The zero-order valence-electron chi connectivity index (χ0n) is 13.8. The molecule has 0 atom stereocenters. The summed E-state index contributed by atoms with van der Waals surface area (Å²) in [5, 5.41) is 0. The molecule has 0 aliphatic heterocycles. The number of pyridine rings is 1. The third kappa shape index (κ3) is 1.86. The van der Waals surface area contributed by atoms with Crippen molar-refractivity contribution in [2.45, 2.75) is 0 Å². The second kappa shape index (κ2) is 5.19. The van der Waals surface area contributed by atoms with Crippen molar-refractivity contribution < 1.29 is 18.5 Å². The first-order chi connectivity index (χ1) is 11.6. The van der Waals surface area contributed by atoms with Gasteiger partial charge in [-0.15, -0.1) is 0 Å². The van der Waals surface area contributed by atoms with E-state index in [2.05, 4.69) is 13.7 Å². The van der Waals surface area contributed by atoms with Crippen LogP contribution in [-0.4, -0.2) is 31.7 Å². The zero-order valence-corrected chi connectivity index (χ0v) is 13.8. The third-order valence-corrected chi connectivity index (χ3v) is 4.18. The highest BCUT2D eigenvalue weighted by atomic mass is 16.5. The molecule has 3 heterocycles. The highest BCUT2D eigenvalue weighted by Gasteiger charge is 2.30. The minimum absolute atomic E-state index is 0.407. The maximum absolute atomic E-state index is 12.3. The number of rotatable bonds is 1. The van der Waals surface area contributed by atoms with E-state index in [4.69, 9.17) is 4.74 Å². The van der Waals surface area contributed by atoms with E-state index in [0.717, 1.165) is 28.0 Å². The molecule has 0 N–H and O–H groups in total. The first-order valence-corrected chi connectivity index (χ1v) is 7.67. The number of anilines is 1. The van der Waals surface area contributed by atoms with Crippen molar-refractivity contribution in [1.82, 2.24) is 4.40 Å². The van der Waals surface area contributed by atoms with Crippen molar-refractivity contribution in [3.8, 4) is 0 Å². The molecule has 0 saturated heterocycles. The quantitative estimate of drug-likeness (QED) is 0.502. The zero-order chi connectivity index (χ0) is 16.8. The van der Waals surface area contributed by atoms with Crippen LogP contribution < -0.4 is 13.9 Å². The number of imidazole rings is 1. The first-order valence-electron chi connectivity index (χ1n) is 7.67. The number of fused-ring (bicyclic) bond motifs is 5. The average molecular weight is 322 g/mol. The Labute approximate surface area is 138 Å². The van der Waals surface area contributed by atoms with E-state index >= 15 is 0 Å². The van der Waals surface area contributed by atoms with Crippen LogP contribution in [0.4, 0.5) is 10.7 Å². The lowest BCUT2D eigenvalue weighted by molar-refractivity contribution is -0.556. The van der Waals surface area contributed by atoms with Gasteiger partial charge in [0.25, 0.3) is 5.52 Å². The Morgan fingerprint density at radius 2 is 1.75 bits per heavy atom. The molecule has 24 heavy (non-hydrogen) atoms. The van der Waals surface area contributed by atoms with E-state index in [-0.39, 0.29) is 0 Å². The van der Waals surface area contributed by atoms with Crippen LogP contribution in [0.15, 0.2) is 54.9 Å². The standard InChI is InChI=1S/C18H18N4O2/c1-19(2)17-20-11-7-6-9-14(20)16-12-21(18(23)24-3)13-8-4-5-10-15(13)22(16)17/h4-12H,1-3H3/q+2. The molecule has 6 heteroatoms. The third-order valence-electron chi connectivity index (χ3n) is 4.18. The molecule has 0 spiro atoms. The van der Waals surface area contributed by atoms with Crippen molar-refractivity contribution in [3.05, 3.63) is 54.9 Å². The summed E-state index contributed by atoms with van der Waals surface area (Å²) in [6, 6.07) is 13.8. The van der Waals surface area contributed by atoms with Gasteiger partial charge < -0.3 is 4.74 Å². The van der Waals surface area contributed by atoms with Crippen molar-refractivity contribution in [3.63, 3.8) is 0 Å². The van der Waals surface area contributed by atoms with E-state index in [1.54, 1.807) is 4.57 Å². The molecule has 0 amide bonds. The summed E-state index contributed by atoms with van der Waals surface area (Å²) in [5.74, 6) is 1.01. The van der Waals surface area contributed by atoms with Gasteiger partial charge in [-0.1, -0.05) is 22.8 Å². The van der Waals surface area contributed by atoms with Gasteiger partial charge in [0.05, 0.1) is 27.4 Å². The Bertz CT molecular complexity index is 1100. The highest BCUT2D eigenvalue weighted by molar-refractivity contribution is 5.84. The Hall–Kier alpha value is -3.15. The molecule has 0 aliphatic rings. The van der Waals surface area contributed by atoms with Crippen molar-refractivity contribution in [2.75, 3.05) is 26.1 Å². The Morgan fingerprint density at radius 3 is 2.50 bits per heavy atom. The average Bonchev–Trinajstić information content (AvgIpc) is 2.95. The van der Waals surface area contributed by atoms with E-state index in [1.807, 2.05) is 69.0 Å². The van der Waals surface area contributed by atoms with Crippen molar-refractivity contribution in [1.29, 1.82) is 0 Å². The van der Waals surface area contributed by atoms with Gasteiger partial charge in [0.1, 0.15) is 0 Å². The van der Waals surface area contributed by atoms with Crippen molar-refractivity contribution in [2.24, 2.45) is 0 Å². The smallest absolute Gasteiger partial charge is 0.415 e.